The van der Waals surface area contributed by atoms with Crippen molar-refractivity contribution in [1.29, 1.82) is 0 Å². The molecule has 5 rings (SSSR count). The Morgan fingerprint density at radius 2 is 1.74 bits per heavy atom. The van der Waals surface area contributed by atoms with Gasteiger partial charge in [-0.3, -0.25) is 4.79 Å². The van der Waals surface area contributed by atoms with Gasteiger partial charge in [0, 0.05) is 11.3 Å². The number of ether oxygens (including phenoxy) is 2. The number of nitrogens with one attached hydrogen (secondary N) is 2. The number of methoxy groups -OCH3 is 2. The predicted molar refractivity (Wildman–Crippen MR) is 135 cm³/mol. The van der Waals surface area contributed by atoms with Crippen LogP contribution >= 0.6 is 0 Å². The van der Waals surface area contributed by atoms with E-state index in [4.69, 9.17) is 19.6 Å². The molecule has 2 heterocycles. The molecule has 3 aromatic carbocycles. The van der Waals surface area contributed by atoms with E-state index in [9.17, 15) is 4.79 Å². The molecule has 1 unspecified atom stereocenters. The number of para-hydroxylation sites is 2. The van der Waals surface area contributed by atoms with Crippen LogP contribution in [-0.2, 0) is 4.79 Å². The van der Waals surface area contributed by atoms with Crippen molar-refractivity contribution in [2.24, 2.45) is 0 Å². The average molecular weight is 468 g/mol. The first kappa shape index (κ1) is 22.2. The summed E-state index contributed by atoms with van der Waals surface area (Å²) in [6, 6.07) is 24.2. The lowest BCUT2D eigenvalue weighted by atomic mass is 9.95. The maximum atomic E-state index is 13.7. The van der Waals surface area contributed by atoms with Gasteiger partial charge in [-0.2, -0.15) is 4.98 Å². The van der Waals surface area contributed by atoms with Crippen LogP contribution in [0.1, 0.15) is 18.5 Å². The van der Waals surface area contributed by atoms with Crippen LogP contribution in [0.25, 0.3) is 11.4 Å². The molecule has 0 aliphatic carbocycles. The highest BCUT2D eigenvalue weighted by molar-refractivity contribution is 6.06. The van der Waals surface area contributed by atoms with Crippen molar-refractivity contribution in [3.63, 3.8) is 0 Å². The molecular weight excluding hydrogens is 442 g/mol. The van der Waals surface area contributed by atoms with E-state index >= 15 is 0 Å². The van der Waals surface area contributed by atoms with Gasteiger partial charge in [0.1, 0.15) is 17.5 Å². The number of hydrogen-bond donors (Lipinski definition) is 2. The summed E-state index contributed by atoms with van der Waals surface area (Å²) < 4.78 is 12.5. The topological polar surface area (TPSA) is 90.3 Å². The average Bonchev–Trinajstić information content (AvgIpc) is 3.32. The first-order chi connectivity index (χ1) is 17.1. The molecule has 1 aliphatic heterocycles. The summed E-state index contributed by atoms with van der Waals surface area (Å²) in [6.07, 6.45) is 0. The Morgan fingerprint density at radius 1 is 0.971 bits per heavy atom. The van der Waals surface area contributed by atoms with E-state index in [1.807, 2.05) is 79.7 Å². The van der Waals surface area contributed by atoms with Gasteiger partial charge in [0.05, 0.1) is 25.5 Å². The number of carbonyl (C=O) groups is 1. The first-order valence-electron chi connectivity index (χ1n) is 11.2. The van der Waals surface area contributed by atoms with Crippen LogP contribution in [-0.4, -0.2) is 34.9 Å². The quantitative estimate of drug-likeness (QED) is 0.420. The Bertz CT molecular complexity index is 1410. The number of rotatable bonds is 6. The van der Waals surface area contributed by atoms with Gasteiger partial charge in [-0.1, -0.05) is 54.6 Å². The van der Waals surface area contributed by atoms with E-state index in [1.54, 1.807) is 25.0 Å². The smallest absolute Gasteiger partial charge is 0.255 e. The van der Waals surface area contributed by atoms with E-state index in [2.05, 4.69) is 10.6 Å². The number of benzene rings is 3. The van der Waals surface area contributed by atoms with Crippen LogP contribution in [0.4, 0.5) is 11.6 Å². The standard InChI is InChI=1S/C27H25N5O3/c1-17-23(26(33)29-21-14-7-8-15-22(21)35-3)24(18-10-5-4-6-11-18)32-27(28-17)30-25(31-32)19-12-9-13-20(16-19)34-2/h4-16,24H,1-3H3,(H,29,33)(H,28,30,31). The van der Waals surface area contributed by atoms with Crippen LogP contribution in [0.2, 0.25) is 0 Å². The van der Waals surface area contributed by atoms with Gasteiger partial charge < -0.3 is 20.1 Å². The molecule has 0 fully saturated rings. The predicted octanol–water partition coefficient (Wildman–Crippen LogP) is 4.89. The lowest BCUT2D eigenvalue weighted by Gasteiger charge is -2.28. The maximum absolute atomic E-state index is 13.7. The second kappa shape index (κ2) is 9.34. The summed E-state index contributed by atoms with van der Waals surface area (Å²) in [5.41, 5.74) is 3.56. The number of amides is 1. The van der Waals surface area contributed by atoms with Gasteiger partial charge in [0.2, 0.25) is 5.95 Å². The number of allylic oxidation sites excluding steroid dienone is 1. The van der Waals surface area contributed by atoms with Crippen molar-refractivity contribution in [2.45, 2.75) is 13.0 Å². The summed E-state index contributed by atoms with van der Waals surface area (Å²) in [5.74, 6) is 2.14. The number of aromatic nitrogens is 3. The van der Waals surface area contributed by atoms with Crippen LogP contribution in [0.5, 0.6) is 11.5 Å². The minimum Gasteiger partial charge on any atom is -0.497 e. The molecule has 35 heavy (non-hydrogen) atoms. The van der Waals surface area contributed by atoms with Crippen molar-refractivity contribution < 1.29 is 14.3 Å². The Balaban J connectivity index is 1.58. The van der Waals surface area contributed by atoms with Gasteiger partial charge in [0.25, 0.3) is 5.91 Å². The number of hydrogen-bond acceptors (Lipinski definition) is 6. The summed E-state index contributed by atoms with van der Waals surface area (Å²) in [5, 5.41) is 11.1. The third-order valence-corrected chi connectivity index (χ3v) is 5.90. The molecule has 0 spiro atoms. The summed E-state index contributed by atoms with van der Waals surface area (Å²) in [7, 11) is 3.20. The summed E-state index contributed by atoms with van der Waals surface area (Å²) in [4.78, 5) is 18.4. The number of anilines is 2. The van der Waals surface area contributed by atoms with Crippen molar-refractivity contribution in [3.8, 4) is 22.9 Å². The summed E-state index contributed by atoms with van der Waals surface area (Å²) in [6.45, 7) is 1.87. The van der Waals surface area contributed by atoms with Gasteiger partial charge in [0.15, 0.2) is 5.82 Å². The number of nitrogens with zero attached hydrogens (tertiary/aromatic N) is 3. The molecule has 2 N–H and O–H groups in total. The van der Waals surface area contributed by atoms with Gasteiger partial charge >= 0.3 is 0 Å². The van der Waals surface area contributed by atoms with E-state index in [0.29, 0.717) is 40.2 Å². The molecule has 1 amide bonds. The van der Waals surface area contributed by atoms with Crippen molar-refractivity contribution >= 4 is 17.5 Å². The number of fused-ring (bicyclic) bond motifs is 1. The monoisotopic (exact) mass is 467 g/mol. The molecule has 0 bridgehead atoms. The molecule has 0 saturated carbocycles. The minimum absolute atomic E-state index is 0.252. The zero-order chi connectivity index (χ0) is 24.4. The summed E-state index contributed by atoms with van der Waals surface area (Å²) >= 11 is 0. The fourth-order valence-corrected chi connectivity index (χ4v) is 4.21. The molecule has 0 saturated heterocycles. The molecule has 8 heteroatoms. The maximum Gasteiger partial charge on any atom is 0.255 e. The van der Waals surface area contributed by atoms with Crippen LogP contribution in [0.15, 0.2) is 90.1 Å². The highest BCUT2D eigenvalue weighted by atomic mass is 16.5. The molecule has 0 radical (unpaired) electrons. The Morgan fingerprint density at radius 3 is 2.51 bits per heavy atom. The van der Waals surface area contributed by atoms with Crippen LogP contribution in [0, 0.1) is 0 Å². The zero-order valence-corrected chi connectivity index (χ0v) is 19.6. The molecule has 1 aliphatic rings. The molecule has 1 atom stereocenters. The Hall–Kier alpha value is -4.59. The normalized spacial score (nSPS) is 14.7. The SMILES string of the molecule is COc1cccc(-c2nc3n(n2)C(c2ccccc2)C(C(=O)Nc2ccccc2OC)=C(C)N3)c1. The van der Waals surface area contributed by atoms with Crippen molar-refractivity contribution in [3.05, 3.63) is 95.7 Å². The molecule has 4 aromatic rings. The fourth-order valence-electron chi connectivity index (χ4n) is 4.21. The Labute approximate surface area is 203 Å². The molecule has 176 valence electrons. The lowest BCUT2D eigenvalue weighted by molar-refractivity contribution is -0.113. The van der Waals surface area contributed by atoms with Crippen LogP contribution in [0.3, 0.4) is 0 Å². The van der Waals surface area contributed by atoms with E-state index < -0.39 is 6.04 Å². The van der Waals surface area contributed by atoms with Gasteiger partial charge in [-0.25, -0.2) is 4.68 Å². The van der Waals surface area contributed by atoms with Gasteiger partial charge in [-0.05, 0) is 36.8 Å². The minimum atomic E-state index is -0.478. The van der Waals surface area contributed by atoms with Crippen molar-refractivity contribution in [1.82, 2.24) is 14.8 Å². The largest absolute Gasteiger partial charge is 0.497 e. The third-order valence-electron chi connectivity index (χ3n) is 5.90. The Kier molecular flexibility index (Phi) is 5.93. The van der Waals surface area contributed by atoms with E-state index in [0.717, 1.165) is 11.1 Å². The van der Waals surface area contributed by atoms with Crippen molar-refractivity contribution in [2.75, 3.05) is 24.9 Å². The molecular formula is C27H25N5O3. The van der Waals surface area contributed by atoms with E-state index in [-0.39, 0.29) is 5.91 Å². The molecule has 8 nitrogen and oxygen atoms in total. The zero-order valence-electron chi connectivity index (χ0n) is 19.6. The van der Waals surface area contributed by atoms with Gasteiger partial charge in [-0.15, -0.1) is 5.10 Å². The highest BCUT2D eigenvalue weighted by Crippen LogP contribution is 2.37. The first-order valence-corrected chi connectivity index (χ1v) is 11.2. The number of carbonyl (C=O) groups excluding carboxylic acids is 1. The molecule has 1 aromatic heterocycles. The van der Waals surface area contributed by atoms with E-state index in [1.165, 1.54) is 0 Å². The third kappa shape index (κ3) is 4.21. The van der Waals surface area contributed by atoms with Crippen LogP contribution < -0.4 is 20.1 Å². The second-order valence-corrected chi connectivity index (χ2v) is 8.07. The second-order valence-electron chi connectivity index (χ2n) is 8.07. The lowest BCUT2D eigenvalue weighted by Crippen LogP contribution is -2.31. The fraction of sp³-hybridized carbons (Fsp3) is 0.148. The highest BCUT2D eigenvalue weighted by Gasteiger charge is 2.34.